The number of nitrogens with zero attached hydrogens (tertiary/aromatic N) is 4. The van der Waals surface area contributed by atoms with Gasteiger partial charge in [-0.3, -0.25) is 14.7 Å². The van der Waals surface area contributed by atoms with Crippen LogP contribution in [0.2, 0.25) is 0 Å². The number of likely N-dealkylation sites (N-methyl/N-ethyl adjacent to an activating group) is 1. The van der Waals surface area contributed by atoms with Gasteiger partial charge in [-0.2, -0.15) is 0 Å². The summed E-state index contributed by atoms with van der Waals surface area (Å²) in [6.45, 7) is 4.79. The normalized spacial score (nSPS) is 23.8. The minimum absolute atomic E-state index is 0.0666. The second kappa shape index (κ2) is 9.11. The van der Waals surface area contributed by atoms with E-state index in [-0.39, 0.29) is 11.9 Å². The summed E-state index contributed by atoms with van der Waals surface area (Å²) in [7, 11) is 3.68. The lowest BCUT2D eigenvalue weighted by atomic mass is 10.2. The van der Waals surface area contributed by atoms with Crippen LogP contribution in [0.15, 0.2) is 4.99 Å². The van der Waals surface area contributed by atoms with E-state index in [9.17, 15) is 4.79 Å². The van der Waals surface area contributed by atoms with Crippen LogP contribution in [0.25, 0.3) is 0 Å². The van der Waals surface area contributed by atoms with Crippen LogP contribution in [-0.4, -0.2) is 79.4 Å². The fraction of sp³-hybridized carbons (Fsp3) is 0.882. The van der Waals surface area contributed by atoms with Crippen molar-refractivity contribution in [2.45, 2.75) is 51.0 Å². The number of rotatable bonds is 5. The average molecular weight is 323 g/mol. The van der Waals surface area contributed by atoms with E-state index in [0.717, 1.165) is 52.0 Å². The molecule has 1 atom stereocenters. The van der Waals surface area contributed by atoms with E-state index in [0.29, 0.717) is 5.96 Å². The van der Waals surface area contributed by atoms with E-state index in [4.69, 9.17) is 5.73 Å². The lowest BCUT2D eigenvalue weighted by Gasteiger charge is -2.26. The van der Waals surface area contributed by atoms with Crippen molar-refractivity contribution in [2.24, 2.45) is 10.7 Å². The highest BCUT2D eigenvalue weighted by Gasteiger charge is 2.30. The van der Waals surface area contributed by atoms with Crippen molar-refractivity contribution in [1.82, 2.24) is 14.7 Å². The Morgan fingerprint density at radius 3 is 2.48 bits per heavy atom. The van der Waals surface area contributed by atoms with Gasteiger partial charge in [0.25, 0.3) is 0 Å². The summed E-state index contributed by atoms with van der Waals surface area (Å²) < 4.78 is 0. The summed E-state index contributed by atoms with van der Waals surface area (Å²) in [5.74, 6) is 0.935. The molecule has 2 rings (SSSR count). The quantitative estimate of drug-likeness (QED) is 0.468. The summed E-state index contributed by atoms with van der Waals surface area (Å²) in [6, 6.07) is 0.0666. The molecule has 0 aromatic rings. The predicted octanol–water partition coefficient (Wildman–Crippen LogP) is 1.12. The molecule has 0 bridgehead atoms. The molecule has 6 heteroatoms. The van der Waals surface area contributed by atoms with Crippen molar-refractivity contribution in [3.05, 3.63) is 0 Å². The molecule has 2 fully saturated rings. The lowest BCUT2D eigenvalue weighted by molar-refractivity contribution is -0.133. The number of carbonyl (C=O) groups excluding carboxylic acids is 1. The van der Waals surface area contributed by atoms with Crippen molar-refractivity contribution in [3.63, 3.8) is 0 Å². The smallest absolute Gasteiger partial charge is 0.239 e. The van der Waals surface area contributed by atoms with Crippen molar-refractivity contribution < 1.29 is 4.79 Å². The zero-order valence-corrected chi connectivity index (χ0v) is 14.8. The molecular formula is C17H33N5O. The number of likely N-dealkylation sites (tertiary alicyclic amines) is 2. The number of carbonyl (C=O) groups is 1. The van der Waals surface area contributed by atoms with Gasteiger partial charge in [-0.05, 0) is 38.6 Å². The molecular weight excluding hydrogens is 290 g/mol. The number of hydrogen-bond acceptors (Lipinski definition) is 3. The maximum Gasteiger partial charge on any atom is 0.239 e. The minimum atomic E-state index is 0.0666. The molecule has 1 unspecified atom stereocenters. The summed E-state index contributed by atoms with van der Waals surface area (Å²) in [5.41, 5.74) is 6.13. The Bertz CT molecular complexity index is 402. The van der Waals surface area contributed by atoms with Crippen LogP contribution in [0.3, 0.4) is 0 Å². The number of hydrogen-bond donors (Lipinski definition) is 1. The molecule has 2 N–H and O–H groups in total. The van der Waals surface area contributed by atoms with Crippen LogP contribution < -0.4 is 5.73 Å². The fourth-order valence-electron chi connectivity index (χ4n) is 3.54. The van der Waals surface area contributed by atoms with Crippen LogP contribution in [0.5, 0.6) is 0 Å². The monoisotopic (exact) mass is 323 g/mol. The number of guanidine groups is 1. The van der Waals surface area contributed by atoms with E-state index < -0.39 is 0 Å². The molecule has 0 radical (unpaired) electrons. The topological polar surface area (TPSA) is 65.2 Å². The molecule has 1 amide bonds. The zero-order valence-electron chi connectivity index (χ0n) is 14.8. The summed E-state index contributed by atoms with van der Waals surface area (Å²) in [5, 5.41) is 0. The third-order valence-electron chi connectivity index (χ3n) is 4.90. The molecule has 2 saturated heterocycles. The van der Waals surface area contributed by atoms with Gasteiger partial charge in [-0.25, -0.2) is 0 Å². The molecule has 0 aromatic heterocycles. The first-order chi connectivity index (χ1) is 11.1. The van der Waals surface area contributed by atoms with Crippen molar-refractivity contribution in [2.75, 3.05) is 46.8 Å². The first kappa shape index (κ1) is 18.0. The number of amides is 1. The van der Waals surface area contributed by atoms with Crippen molar-refractivity contribution in [1.29, 1.82) is 0 Å². The van der Waals surface area contributed by atoms with Gasteiger partial charge in [0.05, 0.1) is 6.04 Å². The highest BCUT2D eigenvalue weighted by molar-refractivity contribution is 5.81. The van der Waals surface area contributed by atoms with E-state index in [1.54, 1.807) is 4.90 Å². The largest absolute Gasteiger partial charge is 0.370 e. The Balaban J connectivity index is 1.73. The summed E-state index contributed by atoms with van der Waals surface area (Å²) in [4.78, 5) is 23.0. The van der Waals surface area contributed by atoms with Gasteiger partial charge in [-0.15, -0.1) is 0 Å². The fourth-order valence-corrected chi connectivity index (χ4v) is 3.54. The average Bonchev–Trinajstić information content (AvgIpc) is 2.82. The zero-order chi connectivity index (χ0) is 16.7. The molecule has 0 aliphatic carbocycles. The Hall–Kier alpha value is -1.30. The summed E-state index contributed by atoms with van der Waals surface area (Å²) >= 11 is 0. The molecule has 6 nitrogen and oxygen atoms in total. The molecule has 2 heterocycles. The summed E-state index contributed by atoms with van der Waals surface area (Å²) in [6.07, 6.45) is 8.11. The van der Waals surface area contributed by atoms with E-state index >= 15 is 0 Å². The van der Waals surface area contributed by atoms with Crippen molar-refractivity contribution in [3.8, 4) is 0 Å². The molecule has 0 aromatic carbocycles. The van der Waals surface area contributed by atoms with E-state index in [2.05, 4.69) is 14.8 Å². The molecule has 132 valence electrons. The lowest BCUT2D eigenvalue weighted by Crippen LogP contribution is -2.43. The van der Waals surface area contributed by atoms with Gasteiger partial charge >= 0.3 is 0 Å². The van der Waals surface area contributed by atoms with Gasteiger partial charge < -0.3 is 15.5 Å². The maximum absolute atomic E-state index is 12.2. The molecule has 0 saturated carbocycles. The van der Waals surface area contributed by atoms with Gasteiger partial charge in [0.1, 0.15) is 0 Å². The number of aliphatic imine (C=N–C) groups is 1. The SMILES string of the molecule is CN(C)C(=O)C1CCCN1CCCN=C(N)N1CCCCCC1. The van der Waals surface area contributed by atoms with Crippen molar-refractivity contribution >= 4 is 11.9 Å². The first-order valence-electron chi connectivity index (χ1n) is 9.09. The highest BCUT2D eigenvalue weighted by atomic mass is 16.2. The van der Waals surface area contributed by atoms with Gasteiger partial charge in [-0.1, -0.05) is 12.8 Å². The van der Waals surface area contributed by atoms with Crippen LogP contribution >= 0.6 is 0 Å². The first-order valence-corrected chi connectivity index (χ1v) is 9.09. The Morgan fingerprint density at radius 1 is 1.13 bits per heavy atom. The van der Waals surface area contributed by atoms with Crippen LogP contribution in [0, 0.1) is 0 Å². The van der Waals surface area contributed by atoms with Gasteiger partial charge in [0, 0.05) is 40.3 Å². The molecule has 0 spiro atoms. The molecule has 2 aliphatic heterocycles. The van der Waals surface area contributed by atoms with Crippen LogP contribution in [-0.2, 0) is 4.79 Å². The highest BCUT2D eigenvalue weighted by Crippen LogP contribution is 2.18. The Morgan fingerprint density at radius 2 is 1.83 bits per heavy atom. The van der Waals surface area contributed by atoms with Crippen LogP contribution in [0.1, 0.15) is 44.9 Å². The Kier molecular flexibility index (Phi) is 7.15. The standard InChI is InChI=1S/C17H33N5O/c1-20(2)16(23)15-9-7-13-21(15)14-8-10-19-17(18)22-11-5-3-4-6-12-22/h15H,3-14H2,1-2H3,(H2,18,19). The number of nitrogens with two attached hydrogens (primary N) is 1. The minimum Gasteiger partial charge on any atom is -0.370 e. The molecule has 2 aliphatic rings. The third-order valence-corrected chi connectivity index (χ3v) is 4.90. The van der Waals surface area contributed by atoms with Gasteiger partial charge in [0.15, 0.2) is 5.96 Å². The maximum atomic E-state index is 12.2. The second-order valence-electron chi connectivity index (χ2n) is 6.92. The van der Waals surface area contributed by atoms with Gasteiger partial charge in [0.2, 0.25) is 5.91 Å². The Labute approximate surface area is 140 Å². The third kappa shape index (κ3) is 5.37. The second-order valence-corrected chi connectivity index (χ2v) is 6.92. The van der Waals surface area contributed by atoms with E-state index in [1.165, 1.54) is 25.7 Å². The van der Waals surface area contributed by atoms with E-state index in [1.807, 2.05) is 14.1 Å². The predicted molar refractivity (Wildman–Crippen MR) is 94.4 cm³/mol. The van der Waals surface area contributed by atoms with Crippen LogP contribution in [0.4, 0.5) is 0 Å². The molecule has 23 heavy (non-hydrogen) atoms.